The molecule has 3 N–H and O–H groups in total. The topological polar surface area (TPSA) is 124 Å². The number of nitrogens with two attached hydrogens (primary N) is 1. The third-order valence-corrected chi connectivity index (χ3v) is 4.95. The molecule has 0 aliphatic heterocycles. The number of esters is 1. The molecular formula is C25H27IN4O5. The maximum absolute atomic E-state index is 12.7. The number of carbonyl (C=O) groups excluding carboxylic acids is 3. The average molecular weight is 590 g/mol. The third kappa shape index (κ3) is 9.69. The Bertz CT molecular complexity index is 1080. The molecule has 0 spiro atoms. The number of nitrogens with zero attached hydrogens (tertiary/aromatic N) is 2. The molecule has 35 heavy (non-hydrogen) atoms. The number of carbonyl (C=O) groups is 3. The van der Waals surface area contributed by atoms with Gasteiger partial charge in [0.2, 0.25) is 0 Å². The molecule has 3 rings (SSSR count). The van der Waals surface area contributed by atoms with E-state index in [0.29, 0.717) is 24.9 Å². The van der Waals surface area contributed by atoms with Gasteiger partial charge >= 0.3 is 12.1 Å². The number of nitrogens with one attached hydrogen (secondary N) is 1. The molecule has 0 fully saturated rings. The number of hydrogen-bond acceptors (Lipinski definition) is 6. The van der Waals surface area contributed by atoms with Crippen LogP contribution in [0, 0.1) is 0 Å². The Morgan fingerprint density at radius 1 is 0.914 bits per heavy atom. The number of aryl methyl sites for hydroxylation is 1. The van der Waals surface area contributed by atoms with E-state index in [4.69, 9.17) is 15.2 Å². The number of amides is 2. The van der Waals surface area contributed by atoms with Crippen molar-refractivity contribution in [3.05, 3.63) is 95.8 Å². The SMILES string of the molecule is NC(=O)c1cc[n+](CCC[C@H](NC(=O)OCc2ccccc2)C(=O)OCc2ccccc2)nc1.[I-]. The monoisotopic (exact) mass is 590 g/mol. The summed E-state index contributed by atoms with van der Waals surface area (Å²) >= 11 is 0. The van der Waals surface area contributed by atoms with Crippen LogP contribution in [0.25, 0.3) is 0 Å². The second-order valence-corrected chi connectivity index (χ2v) is 7.54. The van der Waals surface area contributed by atoms with Gasteiger partial charge in [0.1, 0.15) is 25.5 Å². The van der Waals surface area contributed by atoms with Crippen LogP contribution >= 0.6 is 0 Å². The van der Waals surface area contributed by atoms with E-state index >= 15 is 0 Å². The standard InChI is InChI=1S/C25H26N4O5.HI/c26-23(30)21-13-15-29(27-16-21)14-7-12-22(24(31)33-17-19-8-3-1-4-9-19)28-25(32)34-18-20-10-5-2-6-11-20;/h1-6,8-11,13,15-16,22H,7,12,14,17-18H2,(H2-,26,28,30,32);1H/t22-;/m0./s1. The molecule has 10 heteroatoms. The molecule has 1 aromatic heterocycles. The quantitative estimate of drug-likeness (QED) is 0.173. The van der Waals surface area contributed by atoms with Crippen LogP contribution in [-0.2, 0) is 34.0 Å². The van der Waals surface area contributed by atoms with Crippen LogP contribution in [0.4, 0.5) is 4.79 Å². The smallest absolute Gasteiger partial charge is 0.408 e. The van der Waals surface area contributed by atoms with Crippen molar-refractivity contribution in [2.75, 3.05) is 0 Å². The van der Waals surface area contributed by atoms with Gasteiger partial charge in [-0.25, -0.2) is 9.59 Å². The zero-order valence-electron chi connectivity index (χ0n) is 19.0. The molecule has 0 saturated heterocycles. The van der Waals surface area contributed by atoms with Crippen molar-refractivity contribution in [1.29, 1.82) is 0 Å². The van der Waals surface area contributed by atoms with Crippen molar-refractivity contribution < 1.29 is 52.5 Å². The molecule has 2 aromatic carbocycles. The summed E-state index contributed by atoms with van der Waals surface area (Å²) in [5.74, 6) is -1.11. The van der Waals surface area contributed by atoms with Gasteiger partial charge in [-0.15, -0.1) is 0 Å². The first kappa shape index (κ1) is 27.7. The van der Waals surface area contributed by atoms with Crippen LogP contribution in [0.15, 0.2) is 79.1 Å². The molecule has 9 nitrogen and oxygen atoms in total. The Labute approximate surface area is 220 Å². The van der Waals surface area contributed by atoms with Crippen molar-refractivity contribution in [2.24, 2.45) is 5.73 Å². The summed E-state index contributed by atoms with van der Waals surface area (Å²) in [4.78, 5) is 36.2. The molecule has 0 bridgehead atoms. The highest BCUT2D eigenvalue weighted by molar-refractivity contribution is 5.92. The lowest BCUT2D eigenvalue weighted by Crippen LogP contribution is -3.00. The number of aromatic nitrogens is 2. The summed E-state index contributed by atoms with van der Waals surface area (Å²) in [6.07, 6.45) is 3.12. The number of benzene rings is 2. The van der Waals surface area contributed by atoms with E-state index in [0.717, 1.165) is 11.1 Å². The Morgan fingerprint density at radius 3 is 2.06 bits per heavy atom. The van der Waals surface area contributed by atoms with Crippen LogP contribution < -0.4 is 39.7 Å². The first-order valence-electron chi connectivity index (χ1n) is 10.8. The fourth-order valence-corrected chi connectivity index (χ4v) is 3.10. The maximum Gasteiger partial charge on any atom is 0.408 e. The van der Waals surface area contributed by atoms with Crippen LogP contribution in [0.1, 0.15) is 34.3 Å². The minimum absolute atomic E-state index is 0. The highest BCUT2D eigenvalue weighted by Crippen LogP contribution is 2.07. The molecule has 1 atom stereocenters. The van der Waals surface area contributed by atoms with E-state index in [1.807, 2.05) is 60.7 Å². The summed E-state index contributed by atoms with van der Waals surface area (Å²) in [7, 11) is 0. The van der Waals surface area contributed by atoms with Crippen LogP contribution in [0.3, 0.4) is 0 Å². The van der Waals surface area contributed by atoms with Crippen LogP contribution in [-0.4, -0.2) is 29.1 Å². The summed E-state index contributed by atoms with van der Waals surface area (Å²) in [6, 6.07) is 19.2. The predicted molar refractivity (Wildman–Crippen MR) is 122 cm³/mol. The molecule has 184 valence electrons. The second kappa shape index (κ2) is 14.7. The van der Waals surface area contributed by atoms with E-state index in [2.05, 4.69) is 10.4 Å². The van der Waals surface area contributed by atoms with Crippen molar-refractivity contribution >= 4 is 18.0 Å². The summed E-state index contributed by atoms with van der Waals surface area (Å²) in [5, 5.41) is 6.74. The Kier molecular flexibility index (Phi) is 11.6. The molecule has 1 heterocycles. The van der Waals surface area contributed by atoms with E-state index in [1.54, 1.807) is 16.9 Å². The lowest BCUT2D eigenvalue weighted by Gasteiger charge is -2.17. The van der Waals surface area contributed by atoms with Gasteiger partial charge in [0.15, 0.2) is 12.7 Å². The zero-order valence-corrected chi connectivity index (χ0v) is 21.2. The minimum Gasteiger partial charge on any atom is -1.00 e. The molecule has 0 aliphatic rings. The number of alkyl carbamates (subject to hydrolysis) is 1. The molecule has 0 unspecified atom stereocenters. The van der Waals surface area contributed by atoms with Crippen LogP contribution in [0.5, 0.6) is 0 Å². The number of primary amides is 1. The molecule has 2 amide bonds. The largest absolute Gasteiger partial charge is 1.00 e. The molecular weight excluding hydrogens is 563 g/mol. The lowest BCUT2D eigenvalue weighted by molar-refractivity contribution is -0.754. The molecule has 0 radical (unpaired) electrons. The number of rotatable bonds is 11. The Balaban J connectivity index is 0.00000432. The number of hydrogen-bond donors (Lipinski definition) is 2. The van der Waals surface area contributed by atoms with E-state index in [-0.39, 0.29) is 37.2 Å². The normalized spacial score (nSPS) is 11.0. The van der Waals surface area contributed by atoms with Gasteiger partial charge < -0.3 is 44.5 Å². The van der Waals surface area contributed by atoms with Gasteiger partial charge in [-0.1, -0.05) is 65.3 Å². The number of halogens is 1. The second-order valence-electron chi connectivity index (χ2n) is 7.54. The maximum atomic E-state index is 12.7. The van der Waals surface area contributed by atoms with Crippen molar-refractivity contribution in [3.63, 3.8) is 0 Å². The number of ether oxygens (including phenoxy) is 2. The highest BCUT2D eigenvalue weighted by Gasteiger charge is 2.24. The lowest BCUT2D eigenvalue weighted by atomic mass is 10.1. The fraction of sp³-hybridized carbons (Fsp3) is 0.240. The summed E-state index contributed by atoms with van der Waals surface area (Å²) in [5.41, 5.74) is 7.21. The summed E-state index contributed by atoms with van der Waals surface area (Å²) < 4.78 is 12.3. The van der Waals surface area contributed by atoms with E-state index in [9.17, 15) is 14.4 Å². The molecule has 0 aliphatic carbocycles. The summed E-state index contributed by atoms with van der Waals surface area (Å²) in [6.45, 7) is 0.647. The molecule has 3 aromatic rings. The average Bonchev–Trinajstić information content (AvgIpc) is 2.87. The Morgan fingerprint density at radius 2 is 1.51 bits per heavy atom. The van der Waals surface area contributed by atoms with Gasteiger partial charge in [-0.05, 0) is 22.6 Å². The van der Waals surface area contributed by atoms with Gasteiger partial charge in [-0.2, -0.15) is 0 Å². The zero-order chi connectivity index (χ0) is 24.2. The minimum atomic E-state index is -0.891. The van der Waals surface area contributed by atoms with E-state index in [1.165, 1.54) is 6.20 Å². The van der Waals surface area contributed by atoms with Gasteiger partial charge in [-0.3, -0.25) is 4.79 Å². The van der Waals surface area contributed by atoms with Crippen molar-refractivity contribution in [3.8, 4) is 0 Å². The predicted octanol–water partition coefficient (Wildman–Crippen LogP) is -0.709. The van der Waals surface area contributed by atoms with Gasteiger partial charge in [0, 0.05) is 12.5 Å². The van der Waals surface area contributed by atoms with Gasteiger partial charge in [0.25, 0.3) is 5.91 Å². The third-order valence-electron chi connectivity index (χ3n) is 4.95. The van der Waals surface area contributed by atoms with Crippen LogP contribution in [0.2, 0.25) is 0 Å². The van der Waals surface area contributed by atoms with Crippen molar-refractivity contribution in [1.82, 2.24) is 10.4 Å². The van der Waals surface area contributed by atoms with Gasteiger partial charge in [0.05, 0.1) is 5.56 Å². The van der Waals surface area contributed by atoms with Crippen molar-refractivity contribution in [2.45, 2.75) is 38.6 Å². The first-order chi connectivity index (χ1) is 16.5. The van der Waals surface area contributed by atoms with E-state index < -0.39 is 24.0 Å². The fourth-order valence-electron chi connectivity index (χ4n) is 3.10. The first-order valence-corrected chi connectivity index (χ1v) is 10.8. The Hall–Kier alpha value is -3.54. The highest BCUT2D eigenvalue weighted by atomic mass is 127. The molecule has 0 saturated carbocycles.